The van der Waals surface area contributed by atoms with Gasteiger partial charge in [0.25, 0.3) is 0 Å². The summed E-state index contributed by atoms with van der Waals surface area (Å²) in [4.78, 5) is 14.4. The van der Waals surface area contributed by atoms with E-state index in [1.165, 1.54) is 0 Å². The number of carboxylic acids is 1. The molecule has 0 aliphatic rings. The summed E-state index contributed by atoms with van der Waals surface area (Å²) >= 11 is 0. The SMILES string of the molecule is CCN(CC)CCC(O)(Cc1ccccc1)C(C(=O)O)c1ccccc1.Cl. The summed E-state index contributed by atoms with van der Waals surface area (Å²) in [6, 6.07) is 18.7. The topological polar surface area (TPSA) is 60.8 Å². The van der Waals surface area contributed by atoms with Gasteiger partial charge >= 0.3 is 5.97 Å². The van der Waals surface area contributed by atoms with E-state index in [0.29, 0.717) is 24.9 Å². The number of aliphatic hydroxyl groups is 1. The van der Waals surface area contributed by atoms with Gasteiger partial charge in [0, 0.05) is 13.0 Å². The molecule has 2 rings (SSSR count). The Morgan fingerprint density at radius 2 is 1.52 bits per heavy atom. The summed E-state index contributed by atoms with van der Waals surface area (Å²) in [6.07, 6.45) is 0.705. The van der Waals surface area contributed by atoms with Crippen molar-refractivity contribution in [2.24, 2.45) is 0 Å². The molecule has 0 heterocycles. The Balaban J connectivity index is 0.00000364. The van der Waals surface area contributed by atoms with Crippen molar-refractivity contribution in [1.82, 2.24) is 4.90 Å². The van der Waals surface area contributed by atoms with Crippen molar-refractivity contribution < 1.29 is 15.0 Å². The molecule has 2 atom stereocenters. The predicted octanol–water partition coefficient (Wildman–Crippen LogP) is 3.98. The first-order valence-electron chi connectivity index (χ1n) is 9.26. The fraction of sp³-hybridized carbons (Fsp3) is 0.409. The number of nitrogens with zero attached hydrogens (tertiary/aromatic N) is 1. The van der Waals surface area contributed by atoms with E-state index in [9.17, 15) is 15.0 Å². The number of hydrogen-bond acceptors (Lipinski definition) is 3. The summed E-state index contributed by atoms with van der Waals surface area (Å²) < 4.78 is 0. The number of rotatable bonds is 10. The van der Waals surface area contributed by atoms with Crippen molar-refractivity contribution >= 4 is 18.4 Å². The molecule has 2 aromatic rings. The van der Waals surface area contributed by atoms with Gasteiger partial charge in [0.15, 0.2) is 0 Å². The van der Waals surface area contributed by atoms with Crippen molar-refractivity contribution in [3.8, 4) is 0 Å². The molecule has 0 aliphatic heterocycles. The van der Waals surface area contributed by atoms with Gasteiger partial charge in [-0.1, -0.05) is 74.5 Å². The average molecular weight is 392 g/mol. The molecule has 2 N–H and O–H groups in total. The first kappa shape index (κ1) is 23.2. The van der Waals surface area contributed by atoms with Crippen LogP contribution in [0.3, 0.4) is 0 Å². The van der Waals surface area contributed by atoms with E-state index in [0.717, 1.165) is 18.7 Å². The van der Waals surface area contributed by atoms with Gasteiger partial charge in [-0.2, -0.15) is 0 Å². The Hall–Kier alpha value is -1.88. The quantitative estimate of drug-likeness (QED) is 0.643. The summed E-state index contributed by atoms with van der Waals surface area (Å²) in [5.74, 6) is -1.96. The van der Waals surface area contributed by atoms with Crippen LogP contribution in [-0.4, -0.2) is 46.3 Å². The normalized spacial score (nSPS) is 14.2. The Bertz CT molecular complexity index is 676. The molecule has 0 amide bonds. The highest BCUT2D eigenvalue weighted by Crippen LogP contribution is 2.35. The van der Waals surface area contributed by atoms with Crippen LogP contribution in [-0.2, 0) is 11.2 Å². The largest absolute Gasteiger partial charge is 0.481 e. The van der Waals surface area contributed by atoms with E-state index in [4.69, 9.17) is 0 Å². The number of carbonyl (C=O) groups is 1. The zero-order valence-corrected chi connectivity index (χ0v) is 16.9. The maximum absolute atomic E-state index is 12.1. The molecule has 0 aromatic heterocycles. The van der Waals surface area contributed by atoms with E-state index in [1.807, 2.05) is 48.5 Å². The lowest BCUT2D eigenvalue weighted by molar-refractivity contribution is -0.146. The highest BCUT2D eigenvalue weighted by Gasteiger charge is 2.42. The van der Waals surface area contributed by atoms with E-state index in [2.05, 4.69) is 18.7 Å². The Kier molecular flexibility index (Phi) is 9.50. The van der Waals surface area contributed by atoms with Crippen LogP contribution in [0.5, 0.6) is 0 Å². The molecule has 5 heteroatoms. The maximum atomic E-state index is 12.1. The van der Waals surface area contributed by atoms with Crippen molar-refractivity contribution in [3.05, 3.63) is 71.8 Å². The minimum Gasteiger partial charge on any atom is -0.481 e. The molecule has 0 aliphatic carbocycles. The third-order valence-corrected chi connectivity index (χ3v) is 5.03. The Morgan fingerprint density at radius 1 is 1.00 bits per heavy atom. The summed E-state index contributed by atoms with van der Waals surface area (Å²) in [5.41, 5.74) is 0.214. The summed E-state index contributed by atoms with van der Waals surface area (Å²) in [5, 5.41) is 21.5. The Labute approximate surface area is 168 Å². The Morgan fingerprint density at radius 3 is 2.00 bits per heavy atom. The highest BCUT2D eigenvalue weighted by atomic mass is 35.5. The van der Waals surface area contributed by atoms with Crippen LogP contribution in [0.15, 0.2) is 60.7 Å². The molecule has 0 spiro atoms. The molecule has 0 fully saturated rings. The number of halogens is 1. The van der Waals surface area contributed by atoms with Crippen LogP contribution in [0.4, 0.5) is 0 Å². The van der Waals surface area contributed by atoms with Crippen molar-refractivity contribution in [3.63, 3.8) is 0 Å². The van der Waals surface area contributed by atoms with Gasteiger partial charge in [0.1, 0.15) is 5.92 Å². The van der Waals surface area contributed by atoms with E-state index in [1.54, 1.807) is 12.1 Å². The van der Waals surface area contributed by atoms with Crippen molar-refractivity contribution in [2.75, 3.05) is 19.6 Å². The standard InChI is InChI=1S/C22H29NO3.ClH/c1-3-23(4-2)16-15-22(26,17-18-11-7-5-8-12-18)20(21(24)25)19-13-9-6-10-14-19;/h5-14,20,26H,3-4,15-17H2,1-2H3,(H,24,25);1H. The van der Waals surface area contributed by atoms with Gasteiger partial charge in [0.05, 0.1) is 5.60 Å². The first-order valence-corrected chi connectivity index (χ1v) is 9.26. The zero-order valence-electron chi connectivity index (χ0n) is 16.0. The predicted molar refractivity (Wildman–Crippen MR) is 112 cm³/mol. The fourth-order valence-electron chi connectivity index (χ4n) is 3.50. The molecule has 148 valence electrons. The highest BCUT2D eigenvalue weighted by molar-refractivity contribution is 5.85. The molecular formula is C22H30ClNO3. The van der Waals surface area contributed by atoms with Crippen LogP contribution in [0.2, 0.25) is 0 Å². The van der Waals surface area contributed by atoms with Crippen molar-refractivity contribution in [2.45, 2.75) is 38.2 Å². The van der Waals surface area contributed by atoms with Gasteiger partial charge < -0.3 is 15.1 Å². The fourth-order valence-corrected chi connectivity index (χ4v) is 3.50. The molecule has 0 saturated carbocycles. The van der Waals surface area contributed by atoms with Crippen LogP contribution >= 0.6 is 12.4 Å². The number of aliphatic carboxylic acids is 1. The van der Waals surface area contributed by atoms with Gasteiger partial charge in [-0.3, -0.25) is 4.79 Å². The molecule has 27 heavy (non-hydrogen) atoms. The minimum absolute atomic E-state index is 0. The van der Waals surface area contributed by atoms with Crippen molar-refractivity contribution in [1.29, 1.82) is 0 Å². The van der Waals surface area contributed by atoms with E-state index >= 15 is 0 Å². The van der Waals surface area contributed by atoms with Gasteiger partial charge in [-0.05, 0) is 30.6 Å². The molecule has 0 saturated heterocycles. The van der Waals surface area contributed by atoms with E-state index < -0.39 is 17.5 Å². The smallest absolute Gasteiger partial charge is 0.313 e. The second kappa shape index (κ2) is 11.1. The molecule has 4 nitrogen and oxygen atoms in total. The van der Waals surface area contributed by atoms with Crippen LogP contribution in [0.1, 0.15) is 37.3 Å². The van der Waals surface area contributed by atoms with Crippen LogP contribution in [0.25, 0.3) is 0 Å². The van der Waals surface area contributed by atoms with Crippen LogP contribution < -0.4 is 0 Å². The molecule has 0 radical (unpaired) electrons. The second-order valence-electron chi connectivity index (χ2n) is 6.72. The number of hydrogen-bond donors (Lipinski definition) is 2. The molecular weight excluding hydrogens is 362 g/mol. The molecule has 0 bridgehead atoms. The van der Waals surface area contributed by atoms with Gasteiger partial charge in [-0.25, -0.2) is 0 Å². The first-order chi connectivity index (χ1) is 12.5. The molecule has 2 unspecified atom stereocenters. The average Bonchev–Trinajstić information content (AvgIpc) is 2.64. The number of benzene rings is 2. The summed E-state index contributed by atoms with van der Waals surface area (Å²) in [7, 11) is 0. The number of carboxylic acid groups (broad SMARTS) is 1. The molecule has 2 aromatic carbocycles. The zero-order chi connectivity index (χ0) is 19.0. The van der Waals surface area contributed by atoms with Crippen LogP contribution in [0, 0.1) is 0 Å². The monoisotopic (exact) mass is 391 g/mol. The maximum Gasteiger partial charge on any atom is 0.313 e. The summed E-state index contributed by atoms with van der Waals surface area (Å²) in [6.45, 7) is 6.56. The lowest BCUT2D eigenvalue weighted by Gasteiger charge is -2.36. The van der Waals surface area contributed by atoms with E-state index in [-0.39, 0.29) is 12.4 Å². The third kappa shape index (κ3) is 6.35. The lowest BCUT2D eigenvalue weighted by Crippen LogP contribution is -2.45. The third-order valence-electron chi connectivity index (χ3n) is 5.03. The van der Waals surface area contributed by atoms with Gasteiger partial charge in [0.2, 0.25) is 0 Å². The second-order valence-corrected chi connectivity index (χ2v) is 6.72. The van der Waals surface area contributed by atoms with Gasteiger partial charge in [-0.15, -0.1) is 12.4 Å². The lowest BCUT2D eigenvalue weighted by atomic mass is 9.76. The minimum atomic E-state index is -1.36.